The topological polar surface area (TPSA) is 121 Å². The van der Waals surface area contributed by atoms with E-state index < -0.39 is 23.3 Å². The number of likely N-dealkylation sites (N-methyl/N-ethyl adjacent to an activating group) is 1. The fraction of sp³-hybridized carbons (Fsp3) is 0.710. The van der Waals surface area contributed by atoms with Crippen molar-refractivity contribution >= 4 is 18.1 Å². The highest BCUT2D eigenvalue weighted by Gasteiger charge is 2.28. The van der Waals surface area contributed by atoms with E-state index in [1.54, 1.807) is 29.0 Å². The van der Waals surface area contributed by atoms with Crippen molar-refractivity contribution in [2.45, 2.75) is 85.5 Å². The first-order valence-corrected chi connectivity index (χ1v) is 14.8. The highest BCUT2D eigenvalue weighted by Crippen LogP contribution is 2.27. The number of ether oxygens (including phenoxy) is 3. The average Bonchev–Trinajstić information content (AvgIpc) is 2.86. The number of nitrogens with one attached hydrogen (secondary N) is 1. The molecule has 2 N–H and O–H groups in total. The van der Waals surface area contributed by atoms with Crippen molar-refractivity contribution in [1.82, 2.24) is 20.0 Å². The molecule has 1 fully saturated rings. The first kappa shape index (κ1) is 35.0. The number of benzene rings is 1. The molecule has 238 valence electrons. The molecule has 0 saturated carbocycles. The van der Waals surface area contributed by atoms with Gasteiger partial charge in [-0.3, -0.25) is 9.69 Å². The van der Waals surface area contributed by atoms with E-state index in [0.29, 0.717) is 56.5 Å². The zero-order chi connectivity index (χ0) is 31.7. The van der Waals surface area contributed by atoms with Gasteiger partial charge in [-0.15, -0.1) is 0 Å². The second-order valence-corrected chi connectivity index (χ2v) is 13.3. The lowest BCUT2D eigenvalue weighted by Crippen LogP contribution is -2.51. The molecule has 11 heteroatoms. The van der Waals surface area contributed by atoms with Crippen molar-refractivity contribution in [3.63, 3.8) is 0 Å². The smallest absolute Gasteiger partial charge is 0.410 e. The number of rotatable bonds is 11. The Balaban J connectivity index is 1.96. The number of carbonyl (C=O) groups excluding carboxylic acids is 3. The van der Waals surface area contributed by atoms with Gasteiger partial charge in [0.25, 0.3) is 0 Å². The van der Waals surface area contributed by atoms with E-state index in [9.17, 15) is 19.5 Å². The van der Waals surface area contributed by atoms with E-state index in [2.05, 4.69) is 24.1 Å². The predicted molar refractivity (Wildman–Crippen MR) is 162 cm³/mol. The number of phenolic OH excluding ortho intramolecular Hbond substituents is 1. The lowest BCUT2D eigenvalue weighted by Gasteiger charge is -2.35. The van der Waals surface area contributed by atoms with Gasteiger partial charge in [0.15, 0.2) is 0 Å². The fourth-order valence-corrected chi connectivity index (χ4v) is 4.31. The molecular weight excluding hydrogens is 540 g/mol. The first-order chi connectivity index (χ1) is 19.4. The lowest BCUT2D eigenvalue weighted by atomic mass is 10.0. The van der Waals surface area contributed by atoms with Crippen LogP contribution in [0.1, 0.15) is 67.4 Å². The van der Waals surface area contributed by atoms with Crippen LogP contribution in [0, 0.1) is 5.92 Å². The number of nitrogens with zero attached hydrogens (tertiary/aromatic N) is 3. The Morgan fingerprint density at radius 3 is 2.21 bits per heavy atom. The molecule has 1 saturated heterocycles. The van der Waals surface area contributed by atoms with E-state index in [4.69, 9.17) is 14.2 Å². The molecule has 1 heterocycles. The van der Waals surface area contributed by atoms with Crippen LogP contribution in [0.5, 0.6) is 11.5 Å². The molecule has 0 spiro atoms. The summed E-state index contributed by atoms with van der Waals surface area (Å²) in [4.78, 5) is 43.8. The Hall–Kier alpha value is -3.21. The average molecular weight is 593 g/mol. The van der Waals surface area contributed by atoms with Crippen LogP contribution in [-0.2, 0) is 20.7 Å². The lowest BCUT2D eigenvalue weighted by molar-refractivity contribution is -0.132. The largest absolute Gasteiger partial charge is 0.508 e. The fourth-order valence-electron chi connectivity index (χ4n) is 4.31. The molecule has 0 aromatic heterocycles. The molecule has 2 rings (SSSR count). The number of aromatic hydroxyl groups is 1. The summed E-state index contributed by atoms with van der Waals surface area (Å²) in [5, 5.41) is 13.4. The minimum Gasteiger partial charge on any atom is -0.508 e. The number of hydrogen-bond donors (Lipinski definition) is 2. The van der Waals surface area contributed by atoms with Crippen LogP contribution in [-0.4, -0.2) is 108 Å². The van der Waals surface area contributed by atoms with Gasteiger partial charge in [-0.05, 0) is 65.5 Å². The molecule has 11 nitrogen and oxygen atoms in total. The molecule has 42 heavy (non-hydrogen) atoms. The van der Waals surface area contributed by atoms with Crippen molar-refractivity contribution in [2.75, 3.05) is 52.9 Å². The van der Waals surface area contributed by atoms with Crippen LogP contribution < -0.4 is 10.1 Å². The maximum Gasteiger partial charge on any atom is 0.410 e. The molecule has 0 radical (unpaired) electrons. The zero-order valence-electron chi connectivity index (χ0n) is 27.0. The monoisotopic (exact) mass is 592 g/mol. The van der Waals surface area contributed by atoms with E-state index in [0.717, 1.165) is 6.42 Å². The van der Waals surface area contributed by atoms with Crippen LogP contribution in [0.4, 0.5) is 9.59 Å². The molecule has 1 aromatic carbocycles. The number of amides is 3. The van der Waals surface area contributed by atoms with Crippen molar-refractivity contribution in [1.29, 1.82) is 0 Å². The summed E-state index contributed by atoms with van der Waals surface area (Å²) >= 11 is 0. The normalized spacial score (nSPS) is 15.2. The Morgan fingerprint density at radius 2 is 1.67 bits per heavy atom. The molecule has 1 aliphatic rings. The minimum atomic E-state index is -0.924. The van der Waals surface area contributed by atoms with E-state index >= 15 is 0 Å². The molecule has 1 aliphatic heterocycles. The molecule has 0 unspecified atom stereocenters. The number of alkyl carbamates (subject to hydrolysis) is 1. The van der Waals surface area contributed by atoms with Crippen LogP contribution >= 0.6 is 0 Å². The Bertz CT molecular complexity index is 1040. The summed E-state index contributed by atoms with van der Waals surface area (Å²) in [7, 11) is 1.71. The maximum atomic E-state index is 13.4. The van der Waals surface area contributed by atoms with E-state index in [1.165, 1.54) is 6.07 Å². The SMILES string of the molecule is CC(C)CCN(C)C(=O)[C@H](Cc1ccc(OC(C)(C)C)cc1O)NC(=O)OCCN1CCN(C(=O)OC(C)(C)C)CC1. The highest BCUT2D eigenvalue weighted by atomic mass is 16.6. The van der Waals surface area contributed by atoms with E-state index in [1.807, 2.05) is 41.5 Å². The molecule has 1 aromatic rings. The predicted octanol–water partition coefficient (Wildman–Crippen LogP) is 4.26. The highest BCUT2D eigenvalue weighted by molar-refractivity contribution is 5.86. The summed E-state index contributed by atoms with van der Waals surface area (Å²) < 4.78 is 16.7. The molecule has 0 aliphatic carbocycles. The summed E-state index contributed by atoms with van der Waals surface area (Å²) in [5.74, 6) is 0.655. The van der Waals surface area contributed by atoms with Gasteiger partial charge in [-0.2, -0.15) is 0 Å². The molecule has 1 atom stereocenters. The quantitative estimate of drug-likeness (QED) is 0.391. The number of carbonyl (C=O) groups is 3. The van der Waals surface area contributed by atoms with Crippen molar-refractivity contribution < 1.29 is 33.7 Å². The number of phenols is 1. The van der Waals surface area contributed by atoms with Crippen LogP contribution in [0.3, 0.4) is 0 Å². The zero-order valence-corrected chi connectivity index (χ0v) is 27.0. The van der Waals surface area contributed by atoms with Gasteiger partial charge in [0.1, 0.15) is 35.3 Å². The van der Waals surface area contributed by atoms with Gasteiger partial charge in [-0.1, -0.05) is 19.9 Å². The third-order valence-electron chi connectivity index (χ3n) is 6.58. The third-order valence-corrected chi connectivity index (χ3v) is 6.58. The van der Waals surface area contributed by atoms with Gasteiger partial charge < -0.3 is 34.4 Å². The van der Waals surface area contributed by atoms with Crippen LogP contribution in [0.15, 0.2) is 18.2 Å². The van der Waals surface area contributed by atoms with Gasteiger partial charge in [-0.25, -0.2) is 9.59 Å². The van der Waals surface area contributed by atoms with E-state index in [-0.39, 0.29) is 30.8 Å². The van der Waals surface area contributed by atoms with Crippen molar-refractivity contribution in [3.05, 3.63) is 23.8 Å². The number of hydrogen-bond acceptors (Lipinski definition) is 8. The minimum absolute atomic E-state index is 0.0138. The van der Waals surface area contributed by atoms with Crippen LogP contribution in [0.25, 0.3) is 0 Å². The molecular formula is C31H52N4O7. The number of piperazine rings is 1. The third kappa shape index (κ3) is 12.8. The Labute approximate surface area is 251 Å². The summed E-state index contributed by atoms with van der Waals surface area (Å²) in [6.45, 7) is 19.0. The Kier molecular flexibility index (Phi) is 12.8. The standard InChI is InChI=1S/C31H52N4O7/c1-22(2)12-13-33(9)27(37)25(20-23-10-11-24(21-26(23)36)41-30(3,4)5)32-28(38)40-19-18-34-14-16-35(17-15-34)29(39)42-31(6,7)8/h10-11,21-22,25,36H,12-20H2,1-9H3,(H,32,38)/t25-/m0/s1. The maximum absolute atomic E-state index is 13.4. The summed E-state index contributed by atoms with van der Waals surface area (Å²) in [6.07, 6.45) is -0.113. The van der Waals surface area contributed by atoms with Gasteiger partial charge >= 0.3 is 12.2 Å². The second kappa shape index (κ2) is 15.3. The summed E-state index contributed by atoms with van der Waals surface area (Å²) in [5.41, 5.74) is -0.460. The molecule has 3 amide bonds. The first-order valence-electron chi connectivity index (χ1n) is 14.8. The second-order valence-electron chi connectivity index (χ2n) is 13.3. The van der Waals surface area contributed by atoms with Crippen LogP contribution in [0.2, 0.25) is 0 Å². The Morgan fingerprint density at radius 1 is 1.02 bits per heavy atom. The summed E-state index contributed by atoms with van der Waals surface area (Å²) in [6, 6.07) is 4.04. The van der Waals surface area contributed by atoms with Gasteiger partial charge in [0.2, 0.25) is 5.91 Å². The molecule has 0 bridgehead atoms. The van der Waals surface area contributed by atoms with Gasteiger partial charge in [0, 0.05) is 58.8 Å². The van der Waals surface area contributed by atoms with Crippen molar-refractivity contribution in [2.24, 2.45) is 5.92 Å². The van der Waals surface area contributed by atoms with Gasteiger partial charge in [0.05, 0.1) is 0 Å². The van der Waals surface area contributed by atoms with Crippen molar-refractivity contribution in [3.8, 4) is 11.5 Å².